The maximum absolute atomic E-state index is 12.4. The van der Waals surface area contributed by atoms with Crippen LogP contribution in [0.4, 0.5) is 0 Å². The Morgan fingerprint density at radius 2 is 1.89 bits per heavy atom. The lowest BCUT2D eigenvalue weighted by Gasteiger charge is -2.46. The quantitative estimate of drug-likeness (QED) is 0.878. The first-order valence-corrected chi connectivity index (χ1v) is 6.63. The Morgan fingerprint density at radius 3 is 2.37 bits per heavy atom. The molecule has 6 nitrogen and oxygen atoms in total. The molecule has 106 valence electrons. The molecular formula is C13H22N4O2. The number of carbonyl (C=O) groups is 1. The fourth-order valence-corrected chi connectivity index (χ4v) is 2.62. The van der Waals surface area contributed by atoms with Crippen LogP contribution in [0.3, 0.4) is 0 Å². The summed E-state index contributed by atoms with van der Waals surface area (Å²) in [5.41, 5.74) is -0.720. The monoisotopic (exact) mass is 266 g/mol. The zero-order valence-corrected chi connectivity index (χ0v) is 12.3. The van der Waals surface area contributed by atoms with Crippen LogP contribution in [0.25, 0.3) is 0 Å². The van der Waals surface area contributed by atoms with Crippen LogP contribution in [-0.4, -0.2) is 50.3 Å². The summed E-state index contributed by atoms with van der Waals surface area (Å²) in [5, 5.41) is 6.77. The summed E-state index contributed by atoms with van der Waals surface area (Å²) < 4.78 is 5.96. The molecule has 1 N–H and O–H groups in total. The number of aryl methyl sites for hydroxylation is 1. The van der Waals surface area contributed by atoms with Crippen molar-refractivity contribution in [2.24, 2.45) is 0 Å². The van der Waals surface area contributed by atoms with Crippen LogP contribution in [0.5, 0.6) is 0 Å². The second-order valence-electron chi connectivity index (χ2n) is 6.24. The smallest absolute Gasteiger partial charge is 0.293 e. The number of ether oxygens (including phenoxy) is 1. The molecule has 0 saturated carbocycles. The van der Waals surface area contributed by atoms with Gasteiger partial charge in [-0.2, -0.15) is 0 Å². The first-order chi connectivity index (χ1) is 8.72. The molecule has 0 bridgehead atoms. The standard InChI is InChI=1S/C13H22N4O2/c1-6-9-14-10(16-15-9)11(18)17-7-12(2,3)19-13(4,5)8-17/h6-8H2,1-5H3,(H,14,15,16). The highest BCUT2D eigenvalue weighted by atomic mass is 16.5. The van der Waals surface area contributed by atoms with Crippen LogP contribution < -0.4 is 0 Å². The van der Waals surface area contributed by atoms with Gasteiger partial charge in [-0.05, 0) is 27.7 Å². The minimum atomic E-state index is -0.360. The zero-order valence-electron chi connectivity index (χ0n) is 12.3. The number of nitrogens with one attached hydrogen (secondary N) is 1. The topological polar surface area (TPSA) is 71.1 Å². The first-order valence-electron chi connectivity index (χ1n) is 6.63. The molecule has 0 radical (unpaired) electrons. The van der Waals surface area contributed by atoms with E-state index >= 15 is 0 Å². The lowest BCUT2D eigenvalue weighted by molar-refractivity contribution is -0.171. The van der Waals surface area contributed by atoms with Crippen LogP contribution in [0.2, 0.25) is 0 Å². The van der Waals surface area contributed by atoms with Gasteiger partial charge in [0.25, 0.3) is 5.91 Å². The van der Waals surface area contributed by atoms with Crippen molar-refractivity contribution in [3.05, 3.63) is 11.6 Å². The molecule has 2 heterocycles. The number of rotatable bonds is 2. The average molecular weight is 266 g/mol. The third kappa shape index (κ3) is 3.12. The fourth-order valence-electron chi connectivity index (χ4n) is 2.62. The third-order valence-corrected chi connectivity index (χ3v) is 3.04. The predicted octanol–water partition coefficient (Wildman–Crippen LogP) is 1.40. The second kappa shape index (κ2) is 4.59. The maximum Gasteiger partial charge on any atom is 0.293 e. The number of hydrogen-bond acceptors (Lipinski definition) is 4. The molecule has 1 aliphatic rings. The zero-order chi connectivity index (χ0) is 14.3. The van der Waals surface area contributed by atoms with E-state index < -0.39 is 0 Å². The van der Waals surface area contributed by atoms with E-state index in [0.717, 1.165) is 12.2 Å². The van der Waals surface area contributed by atoms with Crippen LogP contribution in [0.1, 0.15) is 51.1 Å². The molecule has 1 aromatic rings. The lowest BCUT2D eigenvalue weighted by atomic mass is 9.99. The SMILES string of the molecule is CCc1nc(C(=O)N2CC(C)(C)OC(C)(C)C2)n[nH]1. The Balaban J connectivity index is 2.18. The molecule has 1 amide bonds. The highest BCUT2D eigenvalue weighted by Gasteiger charge is 2.40. The van der Waals surface area contributed by atoms with Crippen LogP contribution >= 0.6 is 0 Å². The molecule has 0 aliphatic carbocycles. The largest absolute Gasteiger partial charge is 0.366 e. The number of aromatic nitrogens is 3. The predicted molar refractivity (Wildman–Crippen MR) is 70.9 cm³/mol. The molecule has 1 saturated heterocycles. The number of aromatic amines is 1. The maximum atomic E-state index is 12.4. The van der Waals surface area contributed by atoms with Gasteiger partial charge in [-0.15, -0.1) is 5.10 Å². The van der Waals surface area contributed by atoms with Gasteiger partial charge in [0.15, 0.2) is 0 Å². The van der Waals surface area contributed by atoms with Crippen molar-refractivity contribution in [1.29, 1.82) is 0 Å². The van der Waals surface area contributed by atoms with Crippen molar-refractivity contribution in [2.75, 3.05) is 13.1 Å². The van der Waals surface area contributed by atoms with Crippen molar-refractivity contribution in [1.82, 2.24) is 20.1 Å². The Bertz CT molecular complexity index is 463. The molecular weight excluding hydrogens is 244 g/mol. The number of nitrogens with zero attached hydrogens (tertiary/aromatic N) is 3. The number of amides is 1. The Morgan fingerprint density at radius 1 is 1.32 bits per heavy atom. The Hall–Kier alpha value is -1.43. The van der Waals surface area contributed by atoms with E-state index in [0.29, 0.717) is 13.1 Å². The van der Waals surface area contributed by atoms with E-state index in [1.165, 1.54) is 0 Å². The molecule has 0 aromatic carbocycles. The number of morpholine rings is 1. The van der Waals surface area contributed by atoms with E-state index in [1.807, 2.05) is 34.6 Å². The van der Waals surface area contributed by atoms with Crippen molar-refractivity contribution in [3.63, 3.8) is 0 Å². The average Bonchev–Trinajstić information content (AvgIpc) is 2.72. The number of carbonyl (C=O) groups excluding carboxylic acids is 1. The van der Waals surface area contributed by atoms with Gasteiger partial charge in [0.1, 0.15) is 5.82 Å². The molecule has 0 atom stereocenters. The minimum absolute atomic E-state index is 0.139. The Kier molecular flexibility index (Phi) is 3.38. The van der Waals surface area contributed by atoms with Gasteiger partial charge in [0.05, 0.1) is 11.2 Å². The van der Waals surface area contributed by atoms with Crippen molar-refractivity contribution in [3.8, 4) is 0 Å². The van der Waals surface area contributed by atoms with Gasteiger partial charge in [-0.3, -0.25) is 9.89 Å². The molecule has 0 spiro atoms. The highest BCUT2D eigenvalue weighted by molar-refractivity contribution is 5.90. The van der Waals surface area contributed by atoms with Gasteiger partial charge < -0.3 is 9.64 Å². The lowest BCUT2D eigenvalue weighted by Crippen LogP contribution is -2.58. The van der Waals surface area contributed by atoms with E-state index in [4.69, 9.17) is 4.74 Å². The van der Waals surface area contributed by atoms with Crippen molar-refractivity contribution >= 4 is 5.91 Å². The fraction of sp³-hybridized carbons (Fsp3) is 0.769. The molecule has 2 rings (SSSR count). The van der Waals surface area contributed by atoms with E-state index in [2.05, 4.69) is 15.2 Å². The van der Waals surface area contributed by atoms with Crippen LogP contribution in [0, 0.1) is 0 Å². The van der Waals surface area contributed by atoms with Gasteiger partial charge in [0.2, 0.25) is 5.82 Å². The molecule has 0 unspecified atom stereocenters. The summed E-state index contributed by atoms with van der Waals surface area (Å²) >= 11 is 0. The molecule has 1 aromatic heterocycles. The normalized spacial score (nSPS) is 21.4. The minimum Gasteiger partial charge on any atom is -0.366 e. The van der Waals surface area contributed by atoms with E-state index in [9.17, 15) is 4.79 Å². The summed E-state index contributed by atoms with van der Waals surface area (Å²) in [6.07, 6.45) is 0.736. The second-order valence-corrected chi connectivity index (χ2v) is 6.24. The molecule has 19 heavy (non-hydrogen) atoms. The van der Waals surface area contributed by atoms with Gasteiger partial charge >= 0.3 is 0 Å². The summed E-state index contributed by atoms with van der Waals surface area (Å²) in [7, 11) is 0. The number of hydrogen-bond donors (Lipinski definition) is 1. The van der Waals surface area contributed by atoms with Gasteiger partial charge in [-0.25, -0.2) is 4.98 Å². The molecule has 1 aliphatic heterocycles. The third-order valence-electron chi connectivity index (χ3n) is 3.04. The van der Waals surface area contributed by atoms with E-state index in [1.54, 1.807) is 4.90 Å². The van der Waals surface area contributed by atoms with E-state index in [-0.39, 0.29) is 22.9 Å². The van der Waals surface area contributed by atoms with Crippen molar-refractivity contribution in [2.45, 2.75) is 52.2 Å². The summed E-state index contributed by atoms with van der Waals surface area (Å²) in [6, 6.07) is 0. The molecule has 6 heteroatoms. The molecule has 1 fully saturated rings. The van der Waals surface area contributed by atoms with Gasteiger partial charge in [-0.1, -0.05) is 6.92 Å². The summed E-state index contributed by atoms with van der Waals surface area (Å²) in [5.74, 6) is 0.834. The first kappa shape index (κ1) is 14.0. The van der Waals surface area contributed by atoms with Crippen LogP contribution in [0.15, 0.2) is 0 Å². The van der Waals surface area contributed by atoms with Crippen LogP contribution in [-0.2, 0) is 11.2 Å². The summed E-state index contributed by atoms with van der Waals surface area (Å²) in [6.45, 7) is 11.0. The van der Waals surface area contributed by atoms with Gasteiger partial charge in [0, 0.05) is 19.5 Å². The van der Waals surface area contributed by atoms with Crippen molar-refractivity contribution < 1.29 is 9.53 Å². The highest BCUT2D eigenvalue weighted by Crippen LogP contribution is 2.28. The Labute approximate surface area is 113 Å². The summed E-state index contributed by atoms with van der Waals surface area (Å²) in [4.78, 5) is 18.4. The number of H-pyrrole nitrogens is 1.